The number of amides is 2. The molecule has 2 aromatic heterocycles. The molecule has 1 aromatic carbocycles. The highest BCUT2D eigenvalue weighted by molar-refractivity contribution is 5.93. The fourth-order valence-corrected chi connectivity index (χ4v) is 5.60. The Labute approximate surface area is 229 Å². The van der Waals surface area contributed by atoms with Crippen LogP contribution in [0.1, 0.15) is 66.7 Å². The molecule has 0 radical (unpaired) electrons. The van der Waals surface area contributed by atoms with Crippen molar-refractivity contribution in [3.05, 3.63) is 53.3 Å². The third-order valence-electron chi connectivity index (χ3n) is 7.77. The van der Waals surface area contributed by atoms with Crippen LogP contribution in [-0.4, -0.2) is 62.1 Å². The van der Waals surface area contributed by atoms with Crippen LogP contribution in [-0.2, 0) is 17.9 Å². The van der Waals surface area contributed by atoms with Crippen molar-refractivity contribution in [2.75, 3.05) is 20.2 Å². The number of benzene rings is 1. The van der Waals surface area contributed by atoms with Crippen LogP contribution >= 0.6 is 0 Å². The van der Waals surface area contributed by atoms with Crippen LogP contribution < -0.4 is 10.1 Å². The molecule has 1 saturated heterocycles. The van der Waals surface area contributed by atoms with Gasteiger partial charge >= 0.3 is 0 Å². The first kappa shape index (κ1) is 26.8. The van der Waals surface area contributed by atoms with Crippen molar-refractivity contribution in [3.8, 4) is 17.1 Å². The number of piperidine rings is 1. The van der Waals surface area contributed by atoms with Gasteiger partial charge in [-0.1, -0.05) is 12.1 Å². The maximum absolute atomic E-state index is 12.9. The molecule has 3 aromatic rings. The Morgan fingerprint density at radius 3 is 2.62 bits per heavy atom. The summed E-state index contributed by atoms with van der Waals surface area (Å²) in [6.07, 6.45) is 7.35. The molecule has 1 N–H and O–H groups in total. The molecular weight excluding hydrogens is 494 g/mol. The number of carbonyl (C=O) groups excluding carboxylic acids is 2. The van der Waals surface area contributed by atoms with E-state index in [1.54, 1.807) is 18.0 Å². The normalized spacial score (nSPS) is 19.5. The third kappa shape index (κ3) is 6.79. The second-order valence-electron chi connectivity index (χ2n) is 10.7. The number of rotatable bonds is 8. The summed E-state index contributed by atoms with van der Waals surface area (Å²) in [5.41, 5.74) is 2.65. The van der Waals surface area contributed by atoms with Crippen molar-refractivity contribution in [1.29, 1.82) is 0 Å². The van der Waals surface area contributed by atoms with E-state index >= 15 is 0 Å². The Morgan fingerprint density at radius 2 is 1.85 bits per heavy atom. The minimum atomic E-state index is -0.272. The van der Waals surface area contributed by atoms with Crippen LogP contribution in [0.2, 0.25) is 0 Å². The molecule has 10 nitrogen and oxygen atoms in total. The highest BCUT2D eigenvalue weighted by atomic mass is 16.5. The number of carbonyl (C=O) groups is 2. The average Bonchev–Trinajstić information content (AvgIpc) is 3.44. The van der Waals surface area contributed by atoms with Crippen molar-refractivity contribution >= 4 is 11.8 Å². The van der Waals surface area contributed by atoms with E-state index in [4.69, 9.17) is 4.74 Å². The maximum atomic E-state index is 12.9. The van der Waals surface area contributed by atoms with Crippen molar-refractivity contribution < 1.29 is 14.3 Å². The number of aromatic nitrogens is 5. The summed E-state index contributed by atoms with van der Waals surface area (Å²) < 4.78 is 5.25. The average molecular weight is 532 g/mol. The van der Waals surface area contributed by atoms with Crippen molar-refractivity contribution in [3.63, 3.8) is 0 Å². The molecule has 206 valence electrons. The molecule has 1 aliphatic heterocycles. The summed E-state index contributed by atoms with van der Waals surface area (Å²) in [6, 6.07) is 11.1. The van der Waals surface area contributed by atoms with Crippen LogP contribution in [0.15, 0.2) is 36.4 Å². The summed E-state index contributed by atoms with van der Waals surface area (Å²) in [7, 11) is 1.62. The van der Waals surface area contributed by atoms with E-state index < -0.39 is 0 Å². The highest BCUT2D eigenvalue weighted by Crippen LogP contribution is 2.31. The number of hydrogen-bond acceptors (Lipinski definition) is 7. The molecular formula is C29H37N7O3. The molecule has 0 bridgehead atoms. The van der Waals surface area contributed by atoms with Crippen molar-refractivity contribution in [2.45, 2.75) is 65.0 Å². The standard InChI is InChI=1S/C29H37N7O3/c1-20-15-24(17-26(31-20)28(37)30-18-22-7-6-8-25(16-22)39-2)27-32-34-36(33-27)19-21-9-11-23(12-10-21)29(38)35-13-4-3-5-14-35/h6-8,15-17,21,23H,3-5,9-14,18-19H2,1-2H3,(H,30,37). The molecule has 0 unspecified atom stereocenters. The lowest BCUT2D eigenvalue weighted by Crippen LogP contribution is -2.41. The summed E-state index contributed by atoms with van der Waals surface area (Å²) in [5.74, 6) is 1.88. The number of tetrazole rings is 1. The summed E-state index contributed by atoms with van der Waals surface area (Å²) in [4.78, 5) is 33.9. The third-order valence-corrected chi connectivity index (χ3v) is 7.77. The zero-order chi connectivity index (χ0) is 27.2. The molecule has 2 fully saturated rings. The second-order valence-corrected chi connectivity index (χ2v) is 10.7. The molecule has 1 aliphatic carbocycles. The van der Waals surface area contributed by atoms with Gasteiger partial charge in [0.15, 0.2) is 0 Å². The van der Waals surface area contributed by atoms with Gasteiger partial charge in [-0.3, -0.25) is 9.59 Å². The van der Waals surface area contributed by atoms with E-state index in [1.807, 2.05) is 37.3 Å². The minimum Gasteiger partial charge on any atom is -0.497 e. The summed E-state index contributed by atoms with van der Waals surface area (Å²) in [6.45, 7) is 4.72. The van der Waals surface area contributed by atoms with E-state index in [0.717, 1.165) is 62.9 Å². The fraction of sp³-hybridized carbons (Fsp3) is 0.517. The van der Waals surface area contributed by atoms with Gasteiger partial charge in [0.05, 0.1) is 13.7 Å². The topological polar surface area (TPSA) is 115 Å². The predicted molar refractivity (Wildman–Crippen MR) is 146 cm³/mol. The Bertz CT molecular complexity index is 1290. The van der Waals surface area contributed by atoms with Gasteiger partial charge in [0.1, 0.15) is 11.4 Å². The summed E-state index contributed by atoms with van der Waals surface area (Å²) in [5, 5.41) is 16.1. The zero-order valence-electron chi connectivity index (χ0n) is 22.8. The minimum absolute atomic E-state index is 0.159. The van der Waals surface area contributed by atoms with Crippen LogP contribution in [0.25, 0.3) is 11.4 Å². The number of pyridine rings is 1. The van der Waals surface area contributed by atoms with Gasteiger partial charge in [-0.05, 0) is 92.8 Å². The lowest BCUT2D eigenvalue weighted by atomic mass is 9.81. The number of nitrogens with zero attached hydrogens (tertiary/aromatic N) is 6. The molecule has 1 saturated carbocycles. The van der Waals surface area contributed by atoms with Gasteiger partial charge in [-0.15, -0.1) is 10.2 Å². The zero-order valence-corrected chi connectivity index (χ0v) is 22.8. The van der Waals surface area contributed by atoms with Gasteiger partial charge in [-0.25, -0.2) is 4.98 Å². The molecule has 5 rings (SSSR count). The molecule has 3 heterocycles. The first-order valence-electron chi connectivity index (χ1n) is 14.0. The Morgan fingerprint density at radius 1 is 1.05 bits per heavy atom. The lowest BCUT2D eigenvalue weighted by Gasteiger charge is -2.33. The largest absolute Gasteiger partial charge is 0.497 e. The van der Waals surface area contributed by atoms with E-state index in [1.165, 1.54) is 6.42 Å². The first-order valence-corrected chi connectivity index (χ1v) is 14.0. The van der Waals surface area contributed by atoms with Crippen LogP contribution in [0.4, 0.5) is 0 Å². The number of methoxy groups -OCH3 is 1. The lowest BCUT2D eigenvalue weighted by molar-refractivity contribution is -0.137. The van der Waals surface area contributed by atoms with E-state index in [9.17, 15) is 9.59 Å². The number of nitrogens with one attached hydrogen (secondary N) is 1. The Hall–Kier alpha value is -3.82. The van der Waals surface area contributed by atoms with E-state index in [0.29, 0.717) is 47.7 Å². The maximum Gasteiger partial charge on any atom is 0.270 e. The van der Waals surface area contributed by atoms with Crippen molar-refractivity contribution in [2.24, 2.45) is 11.8 Å². The van der Waals surface area contributed by atoms with Gasteiger partial charge < -0.3 is 15.0 Å². The summed E-state index contributed by atoms with van der Waals surface area (Å²) >= 11 is 0. The van der Waals surface area contributed by atoms with Gasteiger partial charge in [0.2, 0.25) is 11.7 Å². The van der Waals surface area contributed by atoms with Crippen LogP contribution in [0, 0.1) is 18.8 Å². The molecule has 0 spiro atoms. The SMILES string of the molecule is COc1cccc(CNC(=O)c2cc(-c3nnn(CC4CCC(C(=O)N5CCCCC5)CC4)n3)cc(C)n2)c1. The number of likely N-dealkylation sites (tertiary alicyclic amines) is 1. The van der Waals surface area contributed by atoms with Gasteiger partial charge in [0, 0.05) is 36.8 Å². The first-order chi connectivity index (χ1) is 19.0. The highest BCUT2D eigenvalue weighted by Gasteiger charge is 2.30. The molecule has 39 heavy (non-hydrogen) atoms. The molecule has 0 atom stereocenters. The predicted octanol–water partition coefficient (Wildman–Crippen LogP) is 3.80. The van der Waals surface area contributed by atoms with Crippen molar-refractivity contribution in [1.82, 2.24) is 35.4 Å². The quantitative estimate of drug-likeness (QED) is 0.470. The number of ether oxygens (including phenoxy) is 1. The molecule has 10 heteroatoms. The van der Waals surface area contributed by atoms with Gasteiger partial charge in [0.25, 0.3) is 5.91 Å². The second kappa shape index (κ2) is 12.4. The smallest absolute Gasteiger partial charge is 0.270 e. The molecule has 2 aliphatic rings. The van der Waals surface area contributed by atoms with Crippen LogP contribution in [0.3, 0.4) is 0 Å². The number of aryl methyl sites for hydroxylation is 1. The Kier molecular flexibility index (Phi) is 8.48. The van der Waals surface area contributed by atoms with Crippen LogP contribution in [0.5, 0.6) is 5.75 Å². The van der Waals surface area contributed by atoms with Gasteiger partial charge in [-0.2, -0.15) is 4.80 Å². The fourth-order valence-electron chi connectivity index (χ4n) is 5.60. The monoisotopic (exact) mass is 531 g/mol. The molecule has 2 amide bonds. The van der Waals surface area contributed by atoms with E-state index in [2.05, 4.69) is 30.6 Å². The Balaban J connectivity index is 1.17. The number of hydrogen-bond donors (Lipinski definition) is 1. The van der Waals surface area contributed by atoms with E-state index in [-0.39, 0.29) is 11.8 Å².